The number of amides is 2. The summed E-state index contributed by atoms with van der Waals surface area (Å²) in [6, 6.07) is 1.61. The van der Waals surface area contributed by atoms with Crippen molar-refractivity contribution in [2.45, 2.75) is 100 Å². The van der Waals surface area contributed by atoms with Crippen LogP contribution in [0.25, 0.3) is 0 Å². The Labute approximate surface area is 316 Å². The van der Waals surface area contributed by atoms with Crippen molar-refractivity contribution in [1.29, 1.82) is 5.26 Å². The molecule has 17 nitrogen and oxygen atoms in total. The van der Waals surface area contributed by atoms with Gasteiger partial charge in [-0.05, 0) is 81.4 Å². The number of hydrogen-bond acceptors (Lipinski definition) is 15. The van der Waals surface area contributed by atoms with Crippen LogP contribution in [0.4, 0.5) is 4.79 Å². The molecule has 3 atom stereocenters. The van der Waals surface area contributed by atoms with Crippen molar-refractivity contribution in [2.24, 2.45) is 10.8 Å². The van der Waals surface area contributed by atoms with Gasteiger partial charge in [0.1, 0.15) is 6.10 Å². The van der Waals surface area contributed by atoms with Crippen LogP contribution in [0.3, 0.4) is 0 Å². The molecular weight excluding hydrogens is 734 g/mol. The van der Waals surface area contributed by atoms with E-state index in [1.165, 1.54) is 18.1 Å². The van der Waals surface area contributed by atoms with Crippen LogP contribution in [0.15, 0.2) is 24.2 Å². The zero-order valence-electron chi connectivity index (χ0n) is 33.0. The number of methoxy groups -OCH3 is 1. The first kappa shape index (κ1) is 48.5. The minimum Gasteiger partial charge on any atom is -0.438 e. The Morgan fingerprint density at radius 2 is 1.57 bits per heavy atom. The number of hydrogen-bond donors (Lipinski definition) is 1. The molecule has 1 N–H and O–H groups in total. The Bertz CT molecular complexity index is 1230. The largest absolute Gasteiger partial charge is 0.438 e. The van der Waals surface area contributed by atoms with Crippen LogP contribution in [0, 0.1) is 22.2 Å². The molecule has 1 rings (SSSR count). The summed E-state index contributed by atoms with van der Waals surface area (Å²) in [5, 5.41) is 11.9. The van der Waals surface area contributed by atoms with Crippen molar-refractivity contribution in [3.63, 3.8) is 0 Å². The van der Waals surface area contributed by atoms with E-state index in [4.69, 9.17) is 47.0 Å². The van der Waals surface area contributed by atoms with Crippen molar-refractivity contribution in [2.75, 3.05) is 60.3 Å². The minimum atomic E-state index is -4.33. The van der Waals surface area contributed by atoms with E-state index in [0.717, 1.165) is 5.82 Å². The fourth-order valence-corrected chi connectivity index (χ4v) is 6.73. The number of ether oxygens (including phenoxy) is 5. The Morgan fingerprint density at radius 1 is 0.981 bits per heavy atom. The van der Waals surface area contributed by atoms with Crippen molar-refractivity contribution in [3.05, 3.63) is 24.2 Å². The standard InChI is InChI=1S/C34H60N4O13P2/c1-26(2)38(27(3)4)52(47-18-12-15-35)48-22-28(51-29(23-44-20-19-43-11)37-17-13-16-36-32(37)41)14-21-53(42,49-24-45-30(39)33(5,6)7)50-25-46-31(40)34(8,9)10/h13-14,17,21,26-29H,12,16,18-20,22-25H2,1-11H3,(H,36,41)/b21-14+/t28-,29-,52?/m1/s1. The summed E-state index contributed by atoms with van der Waals surface area (Å²) in [7, 11) is -4.53. The zero-order valence-corrected chi connectivity index (χ0v) is 34.8. The number of esters is 2. The topological polar surface area (TPSA) is 194 Å². The van der Waals surface area contributed by atoms with E-state index in [1.54, 1.807) is 53.8 Å². The van der Waals surface area contributed by atoms with E-state index in [2.05, 4.69) is 11.4 Å². The Hall–Kier alpha value is -2.48. The molecule has 1 aliphatic heterocycles. The van der Waals surface area contributed by atoms with E-state index in [-0.39, 0.29) is 44.9 Å². The summed E-state index contributed by atoms with van der Waals surface area (Å²) in [4.78, 5) is 39.0. The van der Waals surface area contributed by atoms with Crippen molar-refractivity contribution >= 4 is 34.1 Å². The molecule has 0 aliphatic carbocycles. The molecule has 0 aromatic carbocycles. The molecule has 0 saturated carbocycles. The number of nitrogens with one attached hydrogen (secondary N) is 1. The molecule has 1 heterocycles. The quantitative estimate of drug-likeness (QED) is 0.0487. The lowest BCUT2D eigenvalue weighted by atomic mass is 9.98. The molecule has 1 unspecified atom stereocenters. The summed E-state index contributed by atoms with van der Waals surface area (Å²) >= 11 is 0. The third-order valence-electron chi connectivity index (χ3n) is 6.77. The fourth-order valence-electron chi connectivity index (χ4n) is 4.07. The van der Waals surface area contributed by atoms with Crippen LogP contribution < -0.4 is 5.32 Å². The van der Waals surface area contributed by atoms with Gasteiger partial charge in [0.05, 0.1) is 56.4 Å². The van der Waals surface area contributed by atoms with Gasteiger partial charge in [-0.2, -0.15) is 5.26 Å². The molecule has 0 aromatic heterocycles. The molecular formula is C34H60N4O13P2. The number of nitrogens with zero attached hydrogens (tertiary/aromatic N) is 3. The van der Waals surface area contributed by atoms with Crippen molar-refractivity contribution < 1.29 is 60.7 Å². The lowest BCUT2D eigenvalue weighted by Gasteiger charge is -2.37. The van der Waals surface area contributed by atoms with E-state index in [1.807, 2.05) is 32.4 Å². The second-order valence-electron chi connectivity index (χ2n) is 14.3. The van der Waals surface area contributed by atoms with Gasteiger partial charge >= 0.3 is 25.6 Å². The molecule has 0 fully saturated rings. The third kappa shape index (κ3) is 19.1. The smallest absolute Gasteiger partial charge is 0.359 e. The molecule has 0 spiro atoms. The number of nitriles is 1. The maximum Gasteiger partial charge on any atom is 0.359 e. The number of carbonyl (C=O) groups excluding carboxylic acids is 3. The highest BCUT2D eigenvalue weighted by Crippen LogP contribution is 2.51. The number of rotatable bonds is 25. The van der Waals surface area contributed by atoms with E-state index < -0.39 is 70.8 Å². The van der Waals surface area contributed by atoms with Crippen LogP contribution in [-0.2, 0) is 55.9 Å². The van der Waals surface area contributed by atoms with Gasteiger partial charge < -0.3 is 38.0 Å². The van der Waals surface area contributed by atoms with Gasteiger partial charge in [-0.3, -0.25) is 28.1 Å². The van der Waals surface area contributed by atoms with E-state index >= 15 is 0 Å². The van der Waals surface area contributed by atoms with E-state index in [9.17, 15) is 18.9 Å². The highest BCUT2D eigenvalue weighted by atomic mass is 31.2. The lowest BCUT2D eigenvalue weighted by molar-refractivity contribution is -0.161. The summed E-state index contributed by atoms with van der Waals surface area (Å²) in [6.07, 6.45) is 2.71. The summed E-state index contributed by atoms with van der Waals surface area (Å²) < 4.78 is 67.0. The SMILES string of the molecule is COCCOC[C@@H](O[C@H](/C=C/P(=O)(OCOC(=O)C(C)(C)C)OCOC(=O)C(C)(C)C)COP(OCCC#N)N(C(C)C)C(C)C)N1C=CCNC1=O. The minimum absolute atomic E-state index is 0.00383. The van der Waals surface area contributed by atoms with Gasteiger partial charge in [0.25, 0.3) is 8.53 Å². The van der Waals surface area contributed by atoms with Gasteiger partial charge in [0, 0.05) is 37.8 Å². The average Bonchev–Trinajstić information content (AvgIpc) is 3.06. The Kier molecular flexibility index (Phi) is 22.1. The second kappa shape index (κ2) is 24.1. The van der Waals surface area contributed by atoms with Crippen LogP contribution in [0.5, 0.6) is 0 Å². The maximum absolute atomic E-state index is 14.1. The maximum atomic E-state index is 14.1. The Morgan fingerprint density at radius 3 is 2.06 bits per heavy atom. The van der Waals surface area contributed by atoms with Gasteiger partial charge in [-0.1, -0.05) is 0 Å². The van der Waals surface area contributed by atoms with Crippen LogP contribution in [0.2, 0.25) is 0 Å². The second-order valence-corrected chi connectivity index (χ2v) is 17.6. The molecule has 0 radical (unpaired) electrons. The van der Waals surface area contributed by atoms with Crippen LogP contribution in [0.1, 0.15) is 75.7 Å². The summed E-state index contributed by atoms with van der Waals surface area (Å²) in [5.41, 5.74) is -1.74. The average molecular weight is 795 g/mol. The highest BCUT2D eigenvalue weighted by Gasteiger charge is 2.33. The monoisotopic (exact) mass is 794 g/mol. The van der Waals surface area contributed by atoms with E-state index in [0.29, 0.717) is 13.2 Å². The van der Waals surface area contributed by atoms with Crippen molar-refractivity contribution in [1.82, 2.24) is 14.9 Å². The normalized spacial score (nSPS) is 15.9. The predicted molar refractivity (Wildman–Crippen MR) is 197 cm³/mol. The predicted octanol–water partition coefficient (Wildman–Crippen LogP) is 6.03. The lowest BCUT2D eigenvalue weighted by Crippen LogP contribution is -2.50. The fraction of sp³-hybridized carbons (Fsp3) is 0.765. The Balaban J connectivity index is 3.57. The molecule has 19 heteroatoms. The summed E-state index contributed by atoms with van der Waals surface area (Å²) in [5.74, 6) is -0.154. The molecule has 0 saturated heterocycles. The number of urea groups is 1. The highest BCUT2D eigenvalue weighted by molar-refractivity contribution is 7.57. The molecule has 53 heavy (non-hydrogen) atoms. The first-order valence-electron chi connectivity index (χ1n) is 17.3. The number of carbonyl (C=O) groups is 3. The molecule has 0 bridgehead atoms. The summed E-state index contributed by atoms with van der Waals surface area (Å²) in [6.45, 7) is 17.0. The molecule has 2 amide bonds. The van der Waals surface area contributed by atoms with Gasteiger partial charge in [-0.15, -0.1) is 0 Å². The first-order valence-corrected chi connectivity index (χ1v) is 20.1. The van der Waals surface area contributed by atoms with Gasteiger partial charge in [-0.25, -0.2) is 9.46 Å². The third-order valence-corrected chi connectivity index (χ3v) is 10.3. The molecule has 1 aliphatic rings. The van der Waals surface area contributed by atoms with Crippen LogP contribution >= 0.6 is 16.1 Å². The van der Waals surface area contributed by atoms with Gasteiger partial charge in [0.2, 0.25) is 13.6 Å². The molecule has 0 aromatic rings. The van der Waals surface area contributed by atoms with Crippen molar-refractivity contribution in [3.8, 4) is 6.07 Å². The molecule has 304 valence electrons. The first-order chi connectivity index (χ1) is 24.8. The van der Waals surface area contributed by atoms with Crippen LogP contribution in [-0.4, -0.2) is 112 Å². The zero-order chi connectivity index (χ0) is 40.2. The van der Waals surface area contributed by atoms with Gasteiger partial charge in [0.15, 0.2) is 6.23 Å².